The summed E-state index contributed by atoms with van der Waals surface area (Å²) in [5.74, 6) is -0.236. The molecule has 1 amide bonds. The summed E-state index contributed by atoms with van der Waals surface area (Å²) in [6.07, 6.45) is 0. The van der Waals surface area contributed by atoms with Crippen molar-refractivity contribution in [1.29, 1.82) is 0 Å². The average Bonchev–Trinajstić information content (AvgIpc) is 2.37. The summed E-state index contributed by atoms with van der Waals surface area (Å²) in [6.45, 7) is -0.0638. The molecule has 1 rings (SSSR count). The quantitative estimate of drug-likeness (QED) is 0.589. The fourth-order valence-electron chi connectivity index (χ4n) is 1.52. The molecule has 9 nitrogen and oxygen atoms in total. The Morgan fingerprint density at radius 2 is 1.75 bits per heavy atom. The average molecular weight is 282 g/mol. The lowest BCUT2D eigenvalue weighted by Gasteiger charge is -2.20. The normalized spacial score (nSPS) is 9.95. The van der Waals surface area contributed by atoms with Crippen LogP contribution in [0.3, 0.4) is 0 Å². The summed E-state index contributed by atoms with van der Waals surface area (Å²) in [7, 11) is 4.65. The van der Waals surface area contributed by atoms with Crippen LogP contribution in [0.4, 0.5) is 17.1 Å². The van der Waals surface area contributed by atoms with Crippen LogP contribution in [-0.4, -0.2) is 48.3 Å². The summed E-state index contributed by atoms with van der Waals surface area (Å²) >= 11 is 0. The number of hydrogen-bond acceptors (Lipinski definition) is 6. The van der Waals surface area contributed by atoms with Crippen LogP contribution in [0.25, 0.3) is 0 Å². The number of rotatable bonds is 5. The lowest BCUT2D eigenvalue weighted by Crippen LogP contribution is -2.34. The minimum Gasteiger partial charge on any atom is -0.360 e. The highest BCUT2D eigenvalue weighted by Gasteiger charge is 2.23. The number of non-ortho nitro benzene ring substituents is 1. The zero-order valence-corrected chi connectivity index (χ0v) is 11.3. The van der Waals surface area contributed by atoms with Crippen molar-refractivity contribution in [2.24, 2.45) is 0 Å². The van der Waals surface area contributed by atoms with Gasteiger partial charge in [0.05, 0.1) is 22.5 Å². The number of amides is 1. The third kappa shape index (κ3) is 3.40. The van der Waals surface area contributed by atoms with Gasteiger partial charge in [0, 0.05) is 27.2 Å². The Morgan fingerprint density at radius 3 is 2.20 bits per heavy atom. The molecule has 20 heavy (non-hydrogen) atoms. The molecule has 0 aliphatic carbocycles. The molecule has 108 valence electrons. The van der Waals surface area contributed by atoms with E-state index in [2.05, 4.69) is 0 Å². The van der Waals surface area contributed by atoms with E-state index in [0.717, 1.165) is 6.07 Å². The Morgan fingerprint density at radius 1 is 1.15 bits per heavy atom. The molecule has 0 atom stereocenters. The maximum Gasteiger partial charge on any atom is 0.299 e. The Balaban J connectivity index is 3.14. The van der Waals surface area contributed by atoms with Crippen molar-refractivity contribution in [3.63, 3.8) is 0 Å². The van der Waals surface area contributed by atoms with Gasteiger partial charge in [0.15, 0.2) is 0 Å². The molecule has 0 spiro atoms. The number of carbonyl (C=O) groups excluding carboxylic acids is 1. The molecule has 0 unspecified atom stereocenters. The van der Waals surface area contributed by atoms with Gasteiger partial charge in [-0.1, -0.05) is 0 Å². The SMILES string of the molecule is CN(C)C(=O)CN(C)c1ccc([N+](=O)[O-])cc1[N+](=O)[O-]. The van der Waals surface area contributed by atoms with Gasteiger partial charge in [0.25, 0.3) is 11.4 Å². The molecule has 0 bridgehead atoms. The number of likely N-dealkylation sites (N-methyl/N-ethyl adjacent to an activating group) is 2. The zero-order chi connectivity index (χ0) is 15.4. The first-order chi connectivity index (χ1) is 9.23. The minimum absolute atomic E-state index is 0.0638. The molecule has 0 aliphatic heterocycles. The first kappa shape index (κ1) is 15.3. The second-order valence-corrected chi connectivity index (χ2v) is 4.33. The van der Waals surface area contributed by atoms with Gasteiger partial charge >= 0.3 is 0 Å². The van der Waals surface area contributed by atoms with Gasteiger partial charge in [-0.05, 0) is 6.07 Å². The number of benzene rings is 1. The molecule has 0 heterocycles. The van der Waals surface area contributed by atoms with E-state index in [1.165, 1.54) is 29.0 Å². The second kappa shape index (κ2) is 5.95. The van der Waals surface area contributed by atoms with E-state index in [4.69, 9.17) is 0 Å². The van der Waals surface area contributed by atoms with Crippen LogP contribution >= 0.6 is 0 Å². The van der Waals surface area contributed by atoms with Gasteiger partial charge < -0.3 is 9.80 Å². The van der Waals surface area contributed by atoms with Gasteiger partial charge in [0.1, 0.15) is 5.69 Å². The lowest BCUT2D eigenvalue weighted by atomic mass is 10.2. The minimum atomic E-state index is -0.709. The topological polar surface area (TPSA) is 110 Å². The van der Waals surface area contributed by atoms with E-state index >= 15 is 0 Å². The van der Waals surface area contributed by atoms with Crippen molar-refractivity contribution in [3.8, 4) is 0 Å². The predicted octanol–water partition coefficient (Wildman–Crippen LogP) is 1.03. The molecule has 0 aliphatic rings. The number of anilines is 1. The van der Waals surface area contributed by atoms with E-state index in [1.54, 1.807) is 14.1 Å². The molecule has 0 aromatic heterocycles. The first-order valence-corrected chi connectivity index (χ1v) is 5.58. The molecule has 0 radical (unpaired) electrons. The van der Waals surface area contributed by atoms with Crippen molar-refractivity contribution in [2.75, 3.05) is 32.6 Å². The Kier molecular flexibility index (Phi) is 4.57. The number of nitro groups is 2. The molecule has 0 fully saturated rings. The highest BCUT2D eigenvalue weighted by Crippen LogP contribution is 2.31. The standard InChI is InChI=1S/C11H14N4O5/c1-12(2)11(16)7-13(3)9-5-4-8(14(17)18)6-10(9)15(19)20/h4-6H,7H2,1-3H3. The van der Waals surface area contributed by atoms with Crippen molar-refractivity contribution in [1.82, 2.24) is 4.90 Å². The van der Waals surface area contributed by atoms with Gasteiger partial charge in [-0.3, -0.25) is 25.0 Å². The molecular weight excluding hydrogens is 268 g/mol. The predicted molar refractivity (Wildman–Crippen MR) is 71.7 cm³/mol. The molecule has 9 heteroatoms. The summed E-state index contributed by atoms with van der Waals surface area (Å²) in [6, 6.07) is 3.31. The van der Waals surface area contributed by atoms with E-state index in [9.17, 15) is 25.0 Å². The highest BCUT2D eigenvalue weighted by molar-refractivity contribution is 5.82. The number of hydrogen-bond donors (Lipinski definition) is 0. The Hall–Kier alpha value is -2.71. The van der Waals surface area contributed by atoms with E-state index < -0.39 is 15.5 Å². The van der Waals surface area contributed by atoms with Crippen molar-refractivity contribution < 1.29 is 14.6 Å². The van der Waals surface area contributed by atoms with E-state index in [1.807, 2.05) is 0 Å². The molecule has 0 saturated carbocycles. The molecule has 1 aromatic carbocycles. The number of nitro benzene ring substituents is 2. The third-order valence-corrected chi connectivity index (χ3v) is 2.65. The summed E-state index contributed by atoms with van der Waals surface area (Å²) in [5.41, 5.74) is -0.628. The molecule has 0 saturated heterocycles. The largest absolute Gasteiger partial charge is 0.360 e. The zero-order valence-electron chi connectivity index (χ0n) is 11.3. The smallest absolute Gasteiger partial charge is 0.299 e. The molecular formula is C11H14N4O5. The van der Waals surface area contributed by atoms with E-state index in [-0.39, 0.29) is 23.8 Å². The van der Waals surface area contributed by atoms with Crippen LogP contribution in [0.15, 0.2) is 18.2 Å². The first-order valence-electron chi connectivity index (χ1n) is 5.58. The second-order valence-electron chi connectivity index (χ2n) is 4.33. The van der Waals surface area contributed by atoms with Gasteiger partial charge in [0.2, 0.25) is 5.91 Å². The fourth-order valence-corrected chi connectivity index (χ4v) is 1.52. The molecule has 1 aromatic rings. The van der Waals surface area contributed by atoms with Gasteiger partial charge in [-0.25, -0.2) is 0 Å². The third-order valence-electron chi connectivity index (χ3n) is 2.65. The van der Waals surface area contributed by atoms with Crippen LogP contribution < -0.4 is 4.90 Å². The molecule has 0 N–H and O–H groups in total. The number of carbonyl (C=O) groups is 1. The monoisotopic (exact) mass is 282 g/mol. The highest BCUT2D eigenvalue weighted by atomic mass is 16.6. The Bertz CT molecular complexity index is 558. The van der Waals surface area contributed by atoms with Crippen LogP contribution in [0.1, 0.15) is 0 Å². The maximum atomic E-state index is 11.6. The van der Waals surface area contributed by atoms with Crippen molar-refractivity contribution in [2.45, 2.75) is 0 Å². The summed E-state index contributed by atoms with van der Waals surface area (Å²) in [4.78, 5) is 34.5. The fraction of sp³-hybridized carbons (Fsp3) is 0.364. The summed E-state index contributed by atoms with van der Waals surface area (Å²) < 4.78 is 0. The van der Waals surface area contributed by atoms with Crippen LogP contribution in [0, 0.1) is 20.2 Å². The Labute approximate surface area is 114 Å². The lowest BCUT2D eigenvalue weighted by molar-refractivity contribution is -0.393. The van der Waals surface area contributed by atoms with Crippen LogP contribution in [0.2, 0.25) is 0 Å². The maximum absolute atomic E-state index is 11.6. The van der Waals surface area contributed by atoms with Crippen molar-refractivity contribution >= 4 is 23.0 Å². The van der Waals surface area contributed by atoms with Gasteiger partial charge in [-0.2, -0.15) is 0 Å². The van der Waals surface area contributed by atoms with E-state index in [0.29, 0.717) is 0 Å². The van der Waals surface area contributed by atoms with Crippen LogP contribution in [-0.2, 0) is 4.79 Å². The van der Waals surface area contributed by atoms with Gasteiger partial charge in [-0.15, -0.1) is 0 Å². The number of nitrogens with zero attached hydrogens (tertiary/aromatic N) is 4. The van der Waals surface area contributed by atoms with Crippen LogP contribution in [0.5, 0.6) is 0 Å². The summed E-state index contributed by atoms with van der Waals surface area (Å²) in [5, 5.41) is 21.6. The van der Waals surface area contributed by atoms with Crippen molar-refractivity contribution in [3.05, 3.63) is 38.4 Å².